The molecule has 0 bridgehead atoms. The molecule has 20 heavy (non-hydrogen) atoms. The molecule has 2 N–H and O–H groups in total. The van der Waals surface area contributed by atoms with Crippen LogP contribution in [0, 0.1) is 0 Å². The van der Waals surface area contributed by atoms with E-state index >= 15 is 0 Å². The molecular formula is C15H24N2O2S. The van der Waals surface area contributed by atoms with E-state index in [9.17, 15) is 8.42 Å². The maximum absolute atomic E-state index is 11.2. The Morgan fingerprint density at radius 2 is 1.90 bits per heavy atom. The van der Waals surface area contributed by atoms with E-state index in [1.54, 1.807) is 6.92 Å². The molecule has 0 aliphatic rings. The molecule has 0 unspecified atom stereocenters. The van der Waals surface area contributed by atoms with Gasteiger partial charge in [0.05, 0.1) is 5.75 Å². The van der Waals surface area contributed by atoms with Crippen LogP contribution in [0.4, 0.5) is 0 Å². The van der Waals surface area contributed by atoms with Gasteiger partial charge in [-0.3, -0.25) is 0 Å². The molecule has 0 heterocycles. The van der Waals surface area contributed by atoms with Gasteiger partial charge in [0.2, 0.25) is 10.0 Å². The van der Waals surface area contributed by atoms with E-state index in [0.717, 1.165) is 19.5 Å². The van der Waals surface area contributed by atoms with Gasteiger partial charge in [-0.25, -0.2) is 13.1 Å². The lowest BCUT2D eigenvalue weighted by molar-refractivity contribution is 0.577. The highest BCUT2D eigenvalue weighted by atomic mass is 32.2. The van der Waals surface area contributed by atoms with E-state index < -0.39 is 10.0 Å². The van der Waals surface area contributed by atoms with Crippen LogP contribution in [0.2, 0.25) is 0 Å². The minimum Gasteiger partial charge on any atom is -0.313 e. The zero-order valence-electron chi connectivity index (χ0n) is 12.2. The summed E-state index contributed by atoms with van der Waals surface area (Å²) in [5.41, 5.74) is 2.45. The summed E-state index contributed by atoms with van der Waals surface area (Å²) in [7, 11) is -3.05. The van der Waals surface area contributed by atoms with Gasteiger partial charge in [0.1, 0.15) is 0 Å². The van der Waals surface area contributed by atoms with Gasteiger partial charge in [-0.15, -0.1) is 0 Å². The van der Waals surface area contributed by atoms with Gasteiger partial charge >= 0.3 is 0 Å². The van der Waals surface area contributed by atoms with Gasteiger partial charge in [-0.2, -0.15) is 0 Å². The molecule has 0 radical (unpaired) electrons. The second-order valence-corrected chi connectivity index (χ2v) is 6.82. The number of nitrogens with one attached hydrogen (secondary N) is 2. The molecule has 0 saturated carbocycles. The van der Waals surface area contributed by atoms with Gasteiger partial charge in [0.15, 0.2) is 0 Å². The van der Waals surface area contributed by atoms with Gasteiger partial charge in [-0.05, 0) is 32.4 Å². The average molecular weight is 296 g/mol. The lowest BCUT2D eigenvalue weighted by atomic mass is 10.1. The summed E-state index contributed by atoms with van der Waals surface area (Å²) in [6.07, 6.45) is 2.94. The van der Waals surface area contributed by atoms with Crippen molar-refractivity contribution in [3.05, 3.63) is 41.5 Å². The minimum atomic E-state index is -3.05. The molecule has 1 aromatic carbocycles. The van der Waals surface area contributed by atoms with Gasteiger partial charge in [0, 0.05) is 13.1 Å². The SMILES string of the molecule is CCS(=O)(=O)NCCCNC/C(C)=C/c1ccccc1. The van der Waals surface area contributed by atoms with Crippen LogP contribution in [-0.2, 0) is 10.0 Å². The monoisotopic (exact) mass is 296 g/mol. The third-order valence-electron chi connectivity index (χ3n) is 2.85. The van der Waals surface area contributed by atoms with Crippen molar-refractivity contribution in [1.82, 2.24) is 10.0 Å². The first kappa shape index (κ1) is 16.9. The van der Waals surface area contributed by atoms with Gasteiger partial charge < -0.3 is 5.32 Å². The van der Waals surface area contributed by atoms with Crippen molar-refractivity contribution < 1.29 is 8.42 Å². The summed E-state index contributed by atoms with van der Waals surface area (Å²) >= 11 is 0. The first-order valence-electron chi connectivity index (χ1n) is 6.94. The number of rotatable bonds is 9. The fourth-order valence-corrected chi connectivity index (χ4v) is 2.37. The molecule has 0 saturated heterocycles. The lowest BCUT2D eigenvalue weighted by Crippen LogP contribution is -2.29. The van der Waals surface area contributed by atoms with Crippen LogP contribution in [0.15, 0.2) is 35.9 Å². The van der Waals surface area contributed by atoms with Crippen molar-refractivity contribution >= 4 is 16.1 Å². The second-order valence-electron chi connectivity index (χ2n) is 4.73. The van der Waals surface area contributed by atoms with E-state index in [1.165, 1.54) is 11.1 Å². The van der Waals surface area contributed by atoms with Crippen molar-refractivity contribution in [3.8, 4) is 0 Å². The fraction of sp³-hybridized carbons (Fsp3) is 0.467. The number of sulfonamides is 1. The van der Waals surface area contributed by atoms with Crippen LogP contribution in [0.5, 0.6) is 0 Å². The van der Waals surface area contributed by atoms with Crippen LogP contribution < -0.4 is 10.0 Å². The van der Waals surface area contributed by atoms with Crippen molar-refractivity contribution in [2.45, 2.75) is 20.3 Å². The predicted molar refractivity (Wildman–Crippen MR) is 85.0 cm³/mol. The first-order valence-corrected chi connectivity index (χ1v) is 8.59. The van der Waals surface area contributed by atoms with Crippen molar-refractivity contribution in [1.29, 1.82) is 0 Å². The highest BCUT2D eigenvalue weighted by Gasteiger charge is 2.03. The van der Waals surface area contributed by atoms with Crippen LogP contribution in [0.3, 0.4) is 0 Å². The number of hydrogen-bond donors (Lipinski definition) is 2. The Hall–Kier alpha value is -1.17. The van der Waals surface area contributed by atoms with E-state index in [1.807, 2.05) is 18.2 Å². The van der Waals surface area contributed by atoms with E-state index in [2.05, 4.69) is 35.2 Å². The summed E-state index contributed by atoms with van der Waals surface area (Å²) in [5, 5.41) is 3.31. The predicted octanol–water partition coefficient (Wildman–Crippen LogP) is 2.01. The van der Waals surface area contributed by atoms with Crippen molar-refractivity contribution in [2.24, 2.45) is 0 Å². The number of hydrogen-bond acceptors (Lipinski definition) is 3. The van der Waals surface area contributed by atoms with Gasteiger partial charge in [0.25, 0.3) is 0 Å². The first-order chi connectivity index (χ1) is 9.53. The smallest absolute Gasteiger partial charge is 0.211 e. The van der Waals surface area contributed by atoms with E-state index in [0.29, 0.717) is 6.54 Å². The molecular weight excluding hydrogens is 272 g/mol. The summed E-state index contributed by atoms with van der Waals surface area (Å²) in [6, 6.07) is 10.2. The van der Waals surface area contributed by atoms with E-state index in [4.69, 9.17) is 0 Å². The Bertz CT molecular complexity index is 510. The maximum Gasteiger partial charge on any atom is 0.211 e. The average Bonchev–Trinajstić information content (AvgIpc) is 2.44. The normalized spacial score (nSPS) is 12.6. The highest BCUT2D eigenvalue weighted by Crippen LogP contribution is 2.04. The molecule has 1 rings (SSSR count). The van der Waals surface area contributed by atoms with Crippen LogP contribution >= 0.6 is 0 Å². The zero-order chi connectivity index (χ0) is 14.8. The van der Waals surface area contributed by atoms with Crippen molar-refractivity contribution in [3.63, 3.8) is 0 Å². The van der Waals surface area contributed by atoms with Crippen LogP contribution in [-0.4, -0.2) is 33.8 Å². The molecule has 0 fully saturated rings. The van der Waals surface area contributed by atoms with E-state index in [-0.39, 0.29) is 5.75 Å². The minimum absolute atomic E-state index is 0.138. The second kappa shape index (κ2) is 8.89. The molecule has 4 nitrogen and oxygen atoms in total. The summed E-state index contributed by atoms with van der Waals surface area (Å²) in [5.74, 6) is 0.138. The molecule has 0 amide bonds. The molecule has 0 spiro atoms. The molecule has 0 aromatic heterocycles. The molecule has 0 aliphatic carbocycles. The lowest BCUT2D eigenvalue weighted by Gasteiger charge is -2.06. The standard InChI is InChI=1S/C15H24N2O2S/c1-3-20(18,19)17-11-7-10-16-13-14(2)12-15-8-5-4-6-9-15/h4-6,8-9,12,16-17H,3,7,10-11,13H2,1-2H3/b14-12+. The molecule has 5 heteroatoms. The summed E-state index contributed by atoms with van der Waals surface area (Å²) in [4.78, 5) is 0. The Kier molecular flexibility index (Phi) is 7.51. The highest BCUT2D eigenvalue weighted by molar-refractivity contribution is 7.89. The molecule has 1 aromatic rings. The fourth-order valence-electron chi connectivity index (χ4n) is 1.71. The third kappa shape index (κ3) is 7.43. The zero-order valence-corrected chi connectivity index (χ0v) is 13.0. The summed E-state index contributed by atoms with van der Waals surface area (Å²) < 4.78 is 25.0. The van der Waals surface area contributed by atoms with Gasteiger partial charge in [-0.1, -0.05) is 42.0 Å². The summed E-state index contributed by atoms with van der Waals surface area (Å²) in [6.45, 7) is 5.82. The molecule has 112 valence electrons. The Balaban J connectivity index is 2.17. The Morgan fingerprint density at radius 3 is 2.55 bits per heavy atom. The third-order valence-corrected chi connectivity index (χ3v) is 4.25. The number of benzene rings is 1. The van der Waals surface area contributed by atoms with Crippen molar-refractivity contribution in [2.75, 3.05) is 25.4 Å². The maximum atomic E-state index is 11.2. The quantitative estimate of drug-likeness (QED) is 0.685. The Morgan fingerprint density at radius 1 is 1.20 bits per heavy atom. The largest absolute Gasteiger partial charge is 0.313 e. The molecule has 0 atom stereocenters. The topological polar surface area (TPSA) is 58.2 Å². The van der Waals surface area contributed by atoms with Crippen LogP contribution in [0.1, 0.15) is 25.8 Å². The molecule has 0 aliphatic heterocycles. The van der Waals surface area contributed by atoms with Crippen LogP contribution in [0.25, 0.3) is 6.08 Å². The Labute approximate surface area is 122 Å².